The third-order valence-corrected chi connectivity index (χ3v) is 24.3. The van der Waals surface area contributed by atoms with Gasteiger partial charge in [-0.1, -0.05) is 458 Å². The van der Waals surface area contributed by atoms with Gasteiger partial charge in [0.25, 0.3) is 0 Å². The van der Waals surface area contributed by atoms with Gasteiger partial charge in [-0.15, -0.1) is 0 Å². The first kappa shape index (κ1) is 110. The number of phosphoric acid groups is 2. The van der Waals surface area contributed by atoms with Gasteiger partial charge in [0, 0.05) is 25.7 Å². The second-order valence-corrected chi connectivity index (χ2v) is 36.6. The Bertz CT molecular complexity index is 2120. The number of unbranched alkanes of at least 4 members (excludes halogenated alkanes) is 64. The van der Waals surface area contributed by atoms with Crippen LogP contribution in [0.3, 0.4) is 0 Å². The molecule has 3 N–H and O–H groups in total. The Morgan fingerprint density at radius 1 is 0.250 bits per heavy atom. The summed E-state index contributed by atoms with van der Waals surface area (Å²) in [6.07, 6.45) is 81.9. The molecule has 666 valence electrons. The van der Waals surface area contributed by atoms with Crippen LogP contribution in [-0.2, 0) is 65.4 Å². The summed E-state index contributed by atoms with van der Waals surface area (Å²) in [5, 5.41) is 10.7. The van der Waals surface area contributed by atoms with E-state index in [2.05, 4.69) is 34.6 Å². The molecule has 112 heavy (non-hydrogen) atoms. The van der Waals surface area contributed by atoms with Gasteiger partial charge in [-0.3, -0.25) is 37.3 Å². The van der Waals surface area contributed by atoms with Crippen LogP contribution in [0.25, 0.3) is 0 Å². The number of aliphatic hydroxyl groups is 1. The quantitative estimate of drug-likeness (QED) is 0.0222. The molecular weight excluding hydrogens is 1450 g/mol. The van der Waals surface area contributed by atoms with Crippen molar-refractivity contribution in [1.82, 2.24) is 0 Å². The van der Waals surface area contributed by atoms with E-state index in [1.807, 2.05) is 0 Å². The molecule has 0 saturated heterocycles. The van der Waals surface area contributed by atoms with Crippen molar-refractivity contribution in [1.29, 1.82) is 0 Å². The maximum atomic E-state index is 13.2. The molecule has 3 unspecified atom stereocenters. The summed E-state index contributed by atoms with van der Waals surface area (Å²) >= 11 is 0. The van der Waals surface area contributed by atoms with E-state index in [0.29, 0.717) is 25.7 Å². The molecule has 0 aliphatic rings. The minimum Gasteiger partial charge on any atom is -0.462 e. The molecule has 0 aromatic heterocycles. The molecule has 0 aliphatic heterocycles. The molecule has 19 heteroatoms. The zero-order chi connectivity index (χ0) is 81.8. The average Bonchev–Trinajstić information content (AvgIpc) is 0.898. The number of hydrogen-bond acceptors (Lipinski definition) is 15. The topological polar surface area (TPSA) is 237 Å². The number of rotatable bonds is 93. The summed E-state index contributed by atoms with van der Waals surface area (Å²) in [6.45, 7) is 7.46. The average molecular weight is 1630 g/mol. The van der Waals surface area contributed by atoms with Gasteiger partial charge in [0.05, 0.1) is 26.4 Å². The summed E-state index contributed by atoms with van der Waals surface area (Å²) < 4.78 is 69.2. The highest BCUT2D eigenvalue weighted by Gasteiger charge is 2.31. The SMILES string of the molecule is CCCCCCCCCCCCCCCCCCCCCCCC(=O)O[C@H](COC(=O)CCCCCCCCCCCCCCCCCCCCCC)COP(=O)(O)OC[C@@H](O)COP(=O)(O)OC[C@@H](COC(=O)CCCCCCCCCCCCCCC)OC(=O)CCCCCCCCCCCCCCCCC(C)CC. The van der Waals surface area contributed by atoms with Gasteiger partial charge in [0.1, 0.15) is 19.3 Å². The van der Waals surface area contributed by atoms with Gasteiger partial charge < -0.3 is 33.8 Å². The monoisotopic (exact) mass is 1630 g/mol. The van der Waals surface area contributed by atoms with Crippen molar-refractivity contribution < 1.29 is 80.2 Å². The molecule has 17 nitrogen and oxygen atoms in total. The van der Waals surface area contributed by atoms with Crippen molar-refractivity contribution in [2.24, 2.45) is 5.92 Å². The van der Waals surface area contributed by atoms with Crippen LogP contribution in [0.15, 0.2) is 0 Å². The van der Waals surface area contributed by atoms with E-state index in [1.165, 1.54) is 334 Å². The van der Waals surface area contributed by atoms with E-state index in [9.17, 15) is 43.2 Å². The maximum Gasteiger partial charge on any atom is 0.472 e. The molecule has 0 amide bonds. The molecular formula is C93H182O17P2. The first-order chi connectivity index (χ1) is 54.6. The summed E-state index contributed by atoms with van der Waals surface area (Å²) in [4.78, 5) is 73.5. The Morgan fingerprint density at radius 2 is 0.429 bits per heavy atom. The number of hydrogen-bond donors (Lipinski definition) is 3. The third kappa shape index (κ3) is 84.5. The number of phosphoric ester groups is 2. The van der Waals surface area contributed by atoms with E-state index < -0.39 is 97.5 Å². The largest absolute Gasteiger partial charge is 0.472 e. The van der Waals surface area contributed by atoms with Crippen LogP contribution in [0, 0.1) is 5.92 Å². The van der Waals surface area contributed by atoms with Crippen LogP contribution in [0.4, 0.5) is 0 Å². The Kier molecular flexibility index (Phi) is 84.0. The molecule has 0 fully saturated rings. The van der Waals surface area contributed by atoms with Gasteiger partial charge in [0.2, 0.25) is 0 Å². The standard InChI is InChI=1S/C93H182O17P2/c1-6-10-13-16-19-22-25-28-30-32-34-36-38-40-42-48-53-58-63-68-73-78-92(97)109-89(83-104-91(96)77-72-67-62-57-52-47-41-39-37-35-33-31-29-26-23-20-17-14-11-7-2)85-108-112(101,102)106-81-87(94)80-105-111(99,100)107-84-88(82-103-90(95)76-71-66-61-56-51-45-27-24-21-18-15-12-8-3)110-93(98)79-74-69-64-59-54-49-44-43-46-50-55-60-65-70-75-86(5)9-4/h86-89,94H,6-85H2,1-5H3,(H,99,100)(H,101,102)/t86?,87-,88+,89+/m0/s1. The fraction of sp³-hybridized carbons (Fsp3) is 0.957. The van der Waals surface area contributed by atoms with Gasteiger partial charge >= 0.3 is 39.5 Å². The van der Waals surface area contributed by atoms with Gasteiger partial charge in [-0.25, -0.2) is 9.13 Å². The molecule has 0 aromatic rings. The Hall–Kier alpha value is -1.94. The van der Waals surface area contributed by atoms with Crippen molar-refractivity contribution in [3.63, 3.8) is 0 Å². The fourth-order valence-corrected chi connectivity index (χ4v) is 16.3. The smallest absolute Gasteiger partial charge is 0.462 e. The van der Waals surface area contributed by atoms with Crippen LogP contribution < -0.4 is 0 Å². The summed E-state index contributed by atoms with van der Waals surface area (Å²) in [5.74, 6) is -1.24. The summed E-state index contributed by atoms with van der Waals surface area (Å²) in [5.41, 5.74) is 0. The van der Waals surface area contributed by atoms with Crippen molar-refractivity contribution in [3.05, 3.63) is 0 Å². The molecule has 6 atom stereocenters. The number of ether oxygens (including phenoxy) is 4. The molecule has 0 bridgehead atoms. The first-order valence-corrected chi connectivity index (χ1v) is 51.2. The fourth-order valence-electron chi connectivity index (χ4n) is 14.7. The van der Waals surface area contributed by atoms with Crippen molar-refractivity contribution in [3.8, 4) is 0 Å². The summed E-state index contributed by atoms with van der Waals surface area (Å²) in [6, 6.07) is 0. The third-order valence-electron chi connectivity index (χ3n) is 22.4. The Morgan fingerprint density at radius 3 is 0.634 bits per heavy atom. The van der Waals surface area contributed by atoms with E-state index in [-0.39, 0.29) is 25.7 Å². The van der Waals surface area contributed by atoms with E-state index >= 15 is 0 Å². The molecule has 0 spiro atoms. The lowest BCUT2D eigenvalue weighted by Crippen LogP contribution is -2.30. The lowest BCUT2D eigenvalue weighted by atomic mass is 9.99. The zero-order valence-electron chi connectivity index (χ0n) is 73.8. The second kappa shape index (κ2) is 85.5. The van der Waals surface area contributed by atoms with E-state index in [4.69, 9.17) is 37.0 Å². The van der Waals surface area contributed by atoms with Gasteiger partial charge in [0.15, 0.2) is 12.2 Å². The Labute approximate surface area is 689 Å². The van der Waals surface area contributed by atoms with Crippen LogP contribution in [0.1, 0.15) is 510 Å². The summed E-state index contributed by atoms with van der Waals surface area (Å²) in [7, 11) is -9.94. The second-order valence-electron chi connectivity index (χ2n) is 33.6. The lowest BCUT2D eigenvalue weighted by Gasteiger charge is -2.21. The normalized spacial score (nSPS) is 13.9. The van der Waals surface area contributed by atoms with Crippen molar-refractivity contribution >= 4 is 39.5 Å². The van der Waals surface area contributed by atoms with E-state index in [1.54, 1.807) is 0 Å². The molecule has 0 rings (SSSR count). The minimum atomic E-state index is -4.97. The van der Waals surface area contributed by atoms with Gasteiger partial charge in [-0.05, 0) is 31.6 Å². The van der Waals surface area contributed by atoms with E-state index in [0.717, 1.165) is 95.8 Å². The van der Waals surface area contributed by atoms with Crippen LogP contribution >= 0.6 is 15.6 Å². The predicted molar refractivity (Wildman–Crippen MR) is 465 cm³/mol. The zero-order valence-corrected chi connectivity index (χ0v) is 75.6. The number of carbonyl (C=O) groups is 4. The van der Waals surface area contributed by atoms with Crippen LogP contribution in [0.5, 0.6) is 0 Å². The van der Waals surface area contributed by atoms with Crippen LogP contribution in [0.2, 0.25) is 0 Å². The molecule has 0 aromatic carbocycles. The number of carbonyl (C=O) groups excluding carboxylic acids is 4. The van der Waals surface area contributed by atoms with Crippen LogP contribution in [-0.4, -0.2) is 96.7 Å². The minimum absolute atomic E-state index is 0.109. The first-order valence-electron chi connectivity index (χ1n) is 48.2. The lowest BCUT2D eigenvalue weighted by molar-refractivity contribution is -0.161. The van der Waals surface area contributed by atoms with Crippen molar-refractivity contribution in [2.75, 3.05) is 39.6 Å². The predicted octanol–water partition coefficient (Wildman–Crippen LogP) is 29.1. The number of esters is 4. The molecule has 0 saturated carbocycles. The maximum absolute atomic E-state index is 13.2. The Balaban J connectivity index is 5.26. The molecule has 0 heterocycles. The number of aliphatic hydroxyl groups excluding tert-OH is 1. The highest BCUT2D eigenvalue weighted by molar-refractivity contribution is 7.47. The molecule has 0 radical (unpaired) electrons. The highest BCUT2D eigenvalue weighted by Crippen LogP contribution is 2.45. The van der Waals surface area contributed by atoms with Gasteiger partial charge in [-0.2, -0.15) is 0 Å². The highest BCUT2D eigenvalue weighted by atomic mass is 31.2. The molecule has 0 aliphatic carbocycles. The van der Waals surface area contributed by atoms with Crippen molar-refractivity contribution in [2.45, 2.75) is 528 Å².